The molecule has 0 spiro atoms. The summed E-state index contributed by atoms with van der Waals surface area (Å²) in [4.78, 5) is 7.14. The topological polar surface area (TPSA) is 37.3 Å². The van der Waals surface area contributed by atoms with Gasteiger partial charge in [-0.15, -0.1) is 0 Å². The molecule has 1 N–H and O–H groups in total. The van der Waals surface area contributed by atoms with Gasteiger partial charge in [-0.25, -0.2) is 0 Å². The van der Waals surface area contributed by atoms with Crippen LogP contribution in [0.15, 0.2) is 0 Å². The third-order valence-electron chi connectivity index (χ3n) is 0. The first-order valence-electron chi connectivity index (χ1n) is 0.630. The van der Waals surface area contributed by atoms with Gasteiger partial charge in [0, 0.05) is 0 Å². The van der Waals surface area contributed by atoms with Crippen molar-refractivity contribution in [3.8, 4) is 0 Å². The van der Waals surface area contributed by atoms with Crippen LogP contribution in [-0.4, -0.2) is 15.3 Å². The summed E-state index contributed by atoms with van der Waals surface area (Å²) >= 11 is 1.06. The Morgan fingerprint density at radius 2 is 1.50 bits per heavy atom. The van der Waals surface area contributed by atoms with Gasteiger partial charge < -0.3 is 4.80 Å². The molecule has 2 nitrogen and oxygen atoms in total. The molecule has 0 saturated carbocycles. The van der Waals surface area contributed by atoms with E-state index in [9.17, 15) is 0 Å². The zero-order valence-electron chi connectivity index (χ0n) is 2.30. The molecular formula is H4O2SiV. The Labute approximate surface area is 37.0 Å². The monoisotopic (exact) mass is 115 g/mol. The summed E-state index contributed by atoms with van der Waals surface area (Å²) in [5.41, 5.74) is 0. The normalized spacial score (nSPS) is 3.00. The van der Waals surface area contributed by atoms with Crippen molar-refractivity contribution in [1.29, 1.82) is 0 Å². The molecule has 0 amide bonds. The Morgan fingerprint density at radius 1 is 1.50 bits per heavy atom. The van der Waals surface area contributed by atoms with Crippen LogP contribution in [0.3, 0.4) is 0 Å². The second-order valence-electron chi connectivity index (χ2n) is 0. The van der Waals surface area contributed by atoms with E-state index in [-0.39, 0.29) is 0 Å². The average Bonchev–Trinajstić information content (AvgIpc) is 1.50. The van der Waals surface area contributed by atoms with E-state index >= 15 is 0 Å². The van der Waals surface area contributed by atoms with E-state index < -0.39 is 0 Å². The zero-order valence-corrected chi connectivity index (χ0v) is 5.70. The maximum absolute atomic E-state index is 8.19. The first-order valence-corrected chi connectivity index (χ1v) is 2.09. The third kappa shape index (κ3) is 19.8. The van der Waals surface area contributed by atoms with Crippen molar-refractivity contribution in [3.63, 3.8) is 0 Å². The molecule has 0 aromatic rings. The third-order valence-corrected chi connectivity index (χ3v) is 0. The molecule has 0 heterocycles. The van der Waals surface area contributed by atoms with Gasteiger partial charge >= 0.3 is 21.0 Å². The molecule has 0 atom stereocenters. The predicted octanol–water partition coefficient (Wildman–Crippen LogP) is -1.86. The fourth-order valence-electron chi connectivity index (χ4n) is 0. The molecule has 0 fully saturated rings. The summed E-state index contributed by atoms with van der Waals surface area (Å²) in [6.07, 6.45) is 0. The fraction of sp³-hybridized carbons (Fsp3) is 0. The first-order chi connectivity index (χ1) is 2.00. The Kier molecular flexibility index (Phi) is 163. The Balaban J connectivity index is 0. The second-order valence-corrected chi connectivity index (χ2v) is 0. The standard InChI is InChI=1S/H4OSi.O.V/c1-2;;/h1H,2H3;;. The summed E-state index contributed by atoms with van der Waals surface area (Å²) in [5, 5.41) is 0. The average molecular weight is 115 g/mol. The quantitative estimate of drug-likeness (QED) is 0.376. The molecule has 4 heteroatoms. The van der Waals surface area contributed by atoms with E-state index in [1.165, 1.54) is 0 Å². The van der Waals surface area contributed by atoms with Crippen LogP contribution >= 0.6 is 0 Å². The molecule has 0 radical (unpaired) electrons. The van der Waals surface area contributed by atoms with Gasteiger partial charge in [-0.05, 0) is 0 Å². The van der Waals surface area contributed by atoms with Crippen molar-refractivity contribution in [2.24, 2.45) is 0 Å². The van der Waals surface area contributed by atoms with Crippen molar-refractivity contribution in [1.82, 2.24) is 0 Å². The van der Waals surface area contributed by atoms with Crippen LogP contribution in [0.5, 0.6) is 0 Å². The van der Waals surface area contributed by atoms with E-state index in [2.05, 4.69) is 0 Å². The van der Waals surface area contributed by atoms with Crippen molar-refractivity contribution >= 4 is 10.5 Å². The van der Waals surface area contributed by atoms with E-state index in [0.29, 0.717) is 10.5 Å². The molecule has 4 heavy (non-hydrogen) atoms. The van der Waals surface area contributed by atoms with Crippen LogP contribution in [0, 0.1) is 0 Å². The zero-order chi connectivity index (χ0) is 4.00. The van der Waals surface area contributed by atoms with Crippen molar-refractivity contribution in [2.45, 2.75) is 0 Å². The summed E-state index contributed by atoms with van der Waals surface area (Å²) in [6, 6.07) is 0. The summed E-state index contributed by atoms with van der Waals surface area (Å²) in [5.74, 6) is 0. The molecule has 0 aromatic heterocycles. The van der Waals surface area contributed by atoms with E-state index in [1.54, 1.807) is 0 Å². The summed E-state index contributed by atoms with van der Waals surface area (Å²) in [6.45, 7) is 0. The Bertz CT molecular complexity index is 6.00. The van der Waals surface area contributed by atoms with Crippen LogP contribution in [0.4, 0.5) is 0 Å². The molecular weight excluding hydrogens is 111 g/mol. The Hall–Kier alpha value is 0.561. The molecule has 0 rings (SSSR count). The van der Waals surface area contributed by atoms with E-state index in [4.69, 9.17) is 8.47 Å². The van der Waals surface area contributed by atoms with Crippen molar-refractivity contribution < 1.29 is 25.8 Å². The summed E-state index contributed by atoms with van der Waals surface area (Å²) < 4.78 is 8.19. The van der Waals surface area contributed by atoms with Gasteiger partial charge in [-0.3, -0.25) is 0 Å². The van der Waals surface area contributed by atoms with Gasteiger partial charge in [-0.1, -0.05) is 0 Å². The fourth-order valence-corrected chi connectivity index (χ4v) is 0. The van der Waals surface area contributed by atoms with Crippen molar-refractivity contribution in [2.75, 3.05) is 0 Å². The van der Waals surface area contributed by atoms with Gasteiger partial charge in [0.1, 0.15) is 10.5 Å². The van der Waals surface area contributed by atoms with Gasteiger partial charge in [0.25, 0.3) is 0 Å². The summed E-state index contributed by atoms with van der Waals surface area (Å²) in [7, 11) is 0.306. The SMILES string of the molecule is O[SiH3].[O]=[V]. The van der Waals surface area contributed by atoms with E-state index in [0.717, 1.165) is 17.4 Å². The molecule has 0 aliphatic rings. The van der Waals surface area contributed by atoms with Gasteiger partial charge in [0.05, 0.1) is 0 Å². The van der Waals surface area contributed by atoms with Gasteiger partial charge in [-0.2, -0.15) is 0 Å². The minimum absolute atomic E-state index is 0.306. The maximum atomic E-state index is 8.19. The molecule has 0 aromatic carbocycles. The molecule has 0 unspecified atom stereocenters. The van der Waals surface area contributed by atoms with Gasteiger partial charge in [0.15, 0.2) is 0 Å². The first kappa shape index (κ1) is 8.82. The molecule has 25 valence electrons. The van der Waals surface area contributed by atoms with Crippen LogP contribution in [-0.2, 0) is 21.0 Å². The minimum atomic E-state index is 0.306. The van der Waals surface area contributed by atoms with E-state index in [1.807, 2.05) is 0 Å². The van der Waals surface area contributed by atoms with Crippen LogP contribution in [0.25, 0.3) is 0 Å². The van der Waals surface area contributed by atoms with Crippen LogP contribution < -0.4 is 0 Å². The van der Waals surface area contributed by atoms with Gasteiger partial charge in [0.2, 0.25) is 0 Å². The number of hydrogen-bond acceptors (Lipinski definition) is 2. The number of hydrogen-bond donors (Lipinski definition) is 1. The molecule has 0 saturated heterocycles. The molecule has 0 aliphatic carbocycles. The number of rotatable bonds is 0. The molecule has 0 bridgehead atoms. The Morgan fingerprint density at radius 3 is 1.50 bits per heavy atom. The van der Waals surface area contributed by atoms with Crippen LogP contribution in [0.2, 0.25) is 0 Å². The van der Waals surface area contributed by atoms with Crippen LogP contribution in [0.1, 0.15) is 0 Å². The van der Waals surface area contributed by atoms with Crippen molar-refractivity contribution in [3.05, 3.63) is 0 Å². The predicted molar refractivity (Wildman–Crippen MR) is 12.8 cm³/mol. The molecule has 0 aliphatic heterocycles. The second kappa shape index (κ2) is 74.2.